The van der Waals surface area contributed by atoms with Gasteiger partial charge in [-0.05, 0) is 18.0 Å². The second-order valence-electron chi connectivity index (χ2n) is 2.42. The van der Waals surface area contributed by atoms with Crippen LogP contribution in [0.2, 0.25) is 5.28 Å². The summed E-state index contributed by atoms with van der Waals surface area (Å²) in [6, 6.07) is 0. The Labute approximate surface area is 78.4 Å². The van der Waals surface area contributed by atoms with Crippen molar-refractivity contribution in [2.75, 3.05) is 0 Å². The molecular weight excluding hydrogens is 196 g/mol. The molecule has 0 aliphatic rings. The van der Waals surface area contributed by atoms with Gasteiger partial charge in [-0.2, -0.15) is 0 Å². The molecule has 0 aliphatic carbocycles. The summed E-state index contributed by atoms with van der Waals surface area (Å²) in [5.74, 6) is -0.950. The lowest BCUT2D eigenvalue weighted by Gasteiger charge is -1.96. The van der Waals surface area contributed by atoms with Crippen LogP contribution in [0.4, 0.5) is 0 Å². The van der Waals surface area contributed by atoms with Crippen molar-refractivity contribution in [1.82, 2.24) is 9.97 Å². The standard InChI is InChI=1S/C7H7ClN2O3/c8-7-9-3-4(6(13)10-7)1-2-5(11)12/h3H,1-2H2,(H,11,12)(H,9,10,13). The van der Waals surface area contributed by atoms with E-state index in [4.69, 9.17) is 16.7 Å². The second-order valence-corrected chi connectivity index (χ2v) is 2.78. The first-order valence-electron chi connectivity index (χ1n) is 3.55. The highest BCUT2D eigenvalue weighted by Gasteiger charge is 2.03. The highest BCUT2D eigenvalue weighted by molar-refractivity contribution is 6.28. The molecule has 0 aliphatic heterocycles. The third-order valence-corrected chi connectivity index (χ3v) is 1.64. The van der Waals surface area contributed by atoms with E-state index >= 15 is 0 Å². The topological polar surface area (TPSA) is 83.0 Å². The predicted molar refractivity (Wildman–Crippen MR) is 45.8 cm³/mol. The van der Waals surface area contributed by atoms with Crippen molar-refractivity contribution in [3.05, 3.63) is 27.4 Å². The van der Waals surface area contributed by atoms with E-state index in [1.165, 1.54) is 6.20 Å². The summed E-state index contributed by atoms with van der Waals surface area (Å²) >= 11 is 5.40. The van der Waals surface area contributed by atoms with Gasteiger partial charge in [0.2, 0.25) is 5.28 Å². The maximum absolute atomic E-state index is 11.1. The van der Waals surface area contributed by atoms with E-state index in [0.29, 0.717) is 5.56 Å². The normalized spacial score (nSPS) is 9.92. The van der Waals surface area contributed by atoms with Crippen LogP contribution in [-0.4, -0.2) is 21.0 Å². The van der Waals surface area contributed by atoms with E-state index in [2.05, 4.69) is 9.97 Å². The summed E-state index contributed by atoms with van der Waals surface area (Å²) in [5.41, 5.74) is -0.0620. The van der Waals surface area contributed by atoms with E-state index in [0.717, 1.165) is 0 Å². The first kappa shape index (κ1) is 9.73. The number of H-pyrrole nitrogens is 1. The van der Waals surface area contributed by atoms with Gasteiger partial charge in [-0.3, -0.25) is 14.6 Å². The van der Waals surface area contributed by atoms with Gasteiger partial charge in [0.05, 0.1) is 0 Å². The van der Waals surface area contributed by atoms with E-state index in [-0.39, 0.29) is 23.7 Å². The molecule has 0 atom stereocenters. The van der Waals surface area contributed by atoms with Crippen molar-refractivity contribution in [3.8, 4) is 0 Å². The van der Waals surface area contributed by atoms with Crippen molar-refractivity contribution in [2.45, 2.75) is 12.8 Å². The molecule has 0 radical (unpaired) electrons. The molecule has 0 unspecified atom stereocenters. The molecule has 5 nitrogen and oxygen atoms in total. The monoisotopic (exact) mass is 202 g/mol. The van der Waals surface area contributed by atoms with Crippen molar-refractivity contribution in [2.24, 2.45) is 0 Å². The Balaban J connectivity index is 2.78. The number of carboxylic acids is 1. The number of carboxylic acid groups (broad SMARTS) is 1. The highest BCUT2D eigenvalue weighted by Crippen LogP contribution is 1.98. The minimum absolute atomic E-state index is 0.00377. The van der Waals surface area contributed by atoms with E-state index < -0.39 is 5.97 Å². The van der Waals surface area contributed by atoms with Gasteiger partial charge in [0.15, 0.2) is 0 Å². The van der Waals surface area contributed by atoms with Gasteiger partial charge in [0, 0.05) is 18.2 Å². The average Bonchev–Trinajstić information content (AvgIpc) is 2.02. The molecule has 2 N–H and O–H groups in total. The average molecular weight is 203 g/mol. The minimum atomic E-state index is -0.950. The van der Waals surface area contributed by atoms with Crippen LogP contribution in [0.15, 0.2) is 11.0 Å². The number of nitrogens with one attached hydrogen (secondary N) is 1. The van der Waals surface area contributed by atoms with Crippen molar-refractivity contribution in [3.63, 3.8) is 0 Å². The molecule has 0 amide bonds. The van der Waals surface area contributed by atoms with Crippen LogP contribution in [-0.2, 0) is 11.2 Å². The van der Waals surface area contributed by atoms with Crippen LogP contribution in [0.5, 0.6) is 0 Å². The Hall–Kier alpha value is -1.36. The number of hydrogen-bond acceptors (Lipinski definition) is 3. The first-order chi connectivity index (χ1) is 6.09. The summed E-state index contributed by atoms with van der Waals surface area (Å²) in [6.45, 7) is 0. The summed E-state index contributed by atoms with van der Waals surface area (Å²) in [4.78, 5) is 27.2. The van der Waals surface area contributed by atoms with Crippen LogP contribution >= 0.6 is 11.6 Å². The number of carbonyl (C=O) groups is 1. The predicted octanol–water partition coefficient (Wildman–Crippen LogP) is 0.441. The molecule has 0 aromatic carbocycles. The lowest BCUT2D eigenvalue weighted by atomic mass is 10.2. The molecule has 1 aromatic rings. The van der Waals surface area contributed by atoms with Gasteiger partial charge in [-0.15, -0.1) is 0 Å². The summed E-state index contributed by atoms with van der Waals surface area (Å²) < 4.78 is 0. The minimum Gasteiger partial charge on any atom is -0.481 e. The molecule has 70 valence electrons. The zero-order valence-corrected chi connectivity index (χ0v) is 7.34. The molecule has 1 heterocycles. The van der Waals surface area contributed by atoms with Crippen LogP contribution < -0.4 is 5.56 Å². The Morgan fingerprint density at radius 3 is 2.92 bits per heavy atom. The summed E-state index contributed by atoms with van der Waals surface area (Å²) in [5, 5.41) is 8.37. The lowest BCUT2D eigenvalue weighted by Crippen LogP contribution is -2.14. The van der Waals surface area contributed by atoms with Gasteiger partial charge in [-0.25, -0.2) is 4.98 Å². The largest absolute Gasteiger partial charge is 0.481 e. The third kappa shape index (κ3) is 2.87. The highest BCUT2D eigenvalue weighted by atomic mass is 35.5. The fourth-order valence-corrected chi connectivity index (χ4v) is 0.954. The van der Waals surface area contributed by atoms with Crippen LogP contribution in [0.25, 0.3) is 0 Å². The lowest BCUT2D eigenvalue weighted by molar-refractivity contribution is -0.136. The van der Waals surface area contributed by atoms with Crippen LogP contribution in [0.1, 0.15) is 12.0 Å². The van der Waals surface area contributed by atoms with Gasteiger partial charge >= 0.3 is 5.97 Å². The van der Waals surface area contributed by atoms with Crippen LogP contribution in [0.3, 0.4) is 0 Å². The fourth-order valence-electron chi connectivity index (χ4n) is 0.819. The zero-order chi connectivity index (χ0) is 9.84. The van der Waals surface area contributed by atoms with Crippen molar-refractivity contribution < 1.29 is 9.90 Å². The summed E-state index contributed by atoms with van der Waals surface area (Å²) in [6.07, 6.45) is 1.35. The second kappa shape index (κ2) is 4.04. The molecule has 13 heavy (non-hydrogen) atoms. The maximum Gasteiger partial charge on any atom is 0.303 e. The van der Waals surface area contributed by atoms with Gasteiger partial charge in [0.1, 0.15) is 0 Å². The maximum atomic E-state index is 11.1. The number of aryl methyl sites for hydroxylation is 1. The zero-order valence-electron chi connectivity index (χ0n) is 6.58. The first-order valence-corrected chi connectivity index (χ1v) is 3.93. The SMILES string of the molecule is O=C(O)CCc1cnc(Cl)[nH]c1=O. The molecule has 6 heteroatoms. The fraction of sp³-hybridized carbons (Fsp3) is 0.286. The smallest absolute Gasteiger partial charge is 0.303 e. The molecule has 0 bridgehead atoms. The Bertz CT molecular complexity index is 374. The third-order valence-electron chi connectivity index (χ3n) is 1.45. The molecule has 0 saturated carbocycles. The number of nitrogens with zero attached hydrogens (tertiary/aromatic N) is 1. The number of hydrogen-bond donors (Lipinski definition) is 2. The number of aliphatic carboxylic acids is 1. The molecule has 0 fully saturated rings. The van der Waals surface area contributed by atoms with Crippen molar-refractivity contribution in [1.29, 1.82) is 0 Å². The molecule has 0 saturated heterocycles. The molecule has 1 rings (SSSR count). The van der Waals surface area contributed by atoms with Crippen molar-refractivity contribution >= 4 is 17.6 Å². The van der Waals surface area contributed by atoms with Gasteiger partial charge in [0.25, 0.3) is 5.56 Å². The van der Waals surface area contributed by atoms with Gasteiger partial charge in [-0.1, -0.05) is 0 Å². The number of aromatic amines is 1. The van der Waals surface area contributed by atoms with E-state index in [9.17, 15) is 9.59 Å². The Kier molecular flexibility index (Phi) is 3.02. The quantitative estimate of drug-likeness (QED) is 0.697. The van der Waals surface area contributed by atoms with E-state index in [1.54, 1.807) is 0 Å². The number of halogens is 1. The number of rotatable bonds is 3. The molecular formula is C7H7ClN2O3. The van der Waals surface area contributed by atoms with Crippen LogP contribution in [0, 0.1) is 0 Å². The number of aromatic nitrogens is 2. The molecule has 1 aromatic heterocycles. The Morgan fingerprint density at radius 1 is 1.69 bits per heavy atom. The summed E-state index contributed by atoms with van der Waals surface area (Å²) in [7, 11) is 0. The Morgan fingerprint density at radius 2 is 2.38 bits per heavy atom. The van der Waals surface area contributed by atoms with E-state index in [1.807, 2.05) is 0 Å². The van der Waals surface area contributed by atoms with Gasteiger partial charge < -0.3 is 5.11 Å². The molecule has 0 spiro atoms.